The maximum Gasteiger partial charge on any atom is 0.246 e. The average Bonchev–Trinajstić information content (AvgIpc) is 3.44. The summed E-state index contributed by atoms with van der Waals surface area (Å²) >= 11 is 6.09. The van der Waals surface area contributed by atoms with E-state index in [1.165, 1.54) is 0 Å². The monoisotopic (exact) mass is 513 g/mol. The fraction of sp³-hybridized carbons (Fsp3) is 0.607. The number of carbonyl (C=O) groups is 3. The van der Waals surface area contributed by atoms with Crippen molar-refractivity contribution in [3.8, 4) is 0 Å². The topological polar surface area (TPSA) is 87.7 Å². The number of ether oxygens (including phenoxy) is 1. The van der Waals surface area contributed by atoms with Gasteiger partial charge in [-0.15, -0.1) is 0 Å². The van der Waals surface area contributed by atoms with Gasteiger partial charge in [0.25, 0.3) is 0 Å². The molecule has 5 rings (SSSR count). The Morgan fingerprint density at radius 1 is 1.17 bits per heavy atom. The third-order valence-electron chi connectivity index (χ3n) is 8.68. The Kier molecular flexibility index (Phi) is 6.23. The molecule has 3 heterocycles. The molecule has 0 radical (unpaired) electrons. The summed E-state index contributed by atoms with van der Waals surface area (Å²) in [5, 5.41) is 6.69. The maximum absolute atomic E-state index is 14.0. The predicted molar refractivity (Wildman–Crippen MR) is 138 cm³/mol. The molecule has 8 atom stereocenters. The van der Waals surface area contributed by atoms with Crippen LogP contribution in [-0.2, 0) is 19.1 Å². The molecule has 2 bridgehead atoms. The van der Waals surface area contributed by atoms with Crippen molar-refractivity contribution in [1.82, 2.24) is 10.2 Å². The third-order valence-corrected chi connectivity index (χ3v) is 8.91. The summed E-state index contributed by atoms with van der Waals surface area (Å²) in [6.45, 7) is 10.2. The van der Waals surface area contributed by atoms with Crippen LogP contribution in [0, 0.1) is 23.7 Å². The van der Waals surface area contributed by atoms with Crippen LogP contribution in [0.2, 0.25) is 5.02 Å². The molecule has 1 saturated carbocycles. The zero-order valence-electron chi connectivity index (χ0n) is 21.6. The van der Waals surface area contributed by atoms with Crippen LogP contribution in [0.1, 0.15) is 53.9 Å². The number of likely N-dealkylation sites (tertiary alicyclic amines) is 1. The minimum atomic E-state index is -1.17. The van der Waals surface area contributed by atoms with Crippen LogP contribution in [0.25, 0.3) is 0 Å². The van der Waals surface area contributed by atoms with Crippen LogP contribution in [0.5, 0.6) is 0 Å². The third kappa shape index (κ3) is 3.95. The van der Waals surface area contributed by atoms with Gasteiger partial charge in [-0.2, -0.15) is 0 Å². The van der Waals surface area contributed by atoms with Gasteiger partial charge in [-0.25, -0.2) is 0 Å². The largest absolute Gasteiger partial charge is 0.359 e. The van der Waals surface area contributed by atoms with Crippen molar-refractivity contribution < 1.29 is 19.1 Å². The first-order chi connectivity index (χ1) is 16.9. The first-order valence-corrected chi connectivity index (χ1v) is 13.4. The molecule has 1 aromatic carbocycles. The second-order valence-electron chi connectivity index (χ2n) is 12.0. The van der Waals surface area contributed by atoms with Crippen molar-refractivity contribution in [2.75, 3.05) is 5.32 Å². The molecule has 1 spiro atoms. The van der Waals surface area contributed by atoms with Gasteiger partial charge >= 0.3 is 0 Å². The van der Waals surface area contributed by atoms with Crippen LogP contribution in [0.3, 0.4) is 0 Å². The molecule has 7 nitrogen and oxygen atoms in total. The van der Waals surface area contributed by atoms with E-state index in [0.717, 1.165) is 19.3 Å². The fourth-order valence-electron chi connectivity index (χ4n) is 6.73. The Hall–Kier alpha value is -2.38. The minimum absolute atomic E-state index is 0.0538. The number of hydrogen-bond acceptors (Lipinski definition) is 4. The van der Waals surface area contributed by atoms with Crippen LogP contribution >= 0.6 is 11.6 Å². The summed E-state index contributed by atoms with van der Waals surface area (Å²) in [5.41, 5.74) is -1.24. The van der Waals surface area contributed by atoms with Gasteiger partial charge in [0.1, 0.15) is 11.6 Å². The average molecular weight is 514 g/mol. The highest BCUT2D eigenvalue weighted by atomic mass is 35.5. The SMILES string of the molecule is C[C@@H]1[C@H](C)CCC[C@@H]1NC(=O)[C@@H]1N(C(C)(C)C)C(=O)[C@H]2[C@@H](C(=O)Nc3cccc(Cl)c3)[C@H]3C=C[C@@]12O3. The Balaban J connectivity index is 1.46. The van der Waals surface area contributed by atoms with Crippen molar-refractivity contribution >= 4 is 35.0 Å². The number of fused-ring (bicyclic) bond motifs is 1. The molecule has 1 aromatic rings. The second kappa shape index (κ2) is 8.88. The molecule has 0 unspecified atom stereocenters. The van der Waals surface area contributed by atoms with Gasteiger partial charge in [0.2, 0.25) is 17.7 Å². The molecular weight excluding hydrogens is 478 g/mol. The number of amides is 3. The first-order valence-electron chi connectivity index (χ1n) is 13.0. The van der Waals surface area contributed by atoms with E-state index in [-0.39, 0.29) is 23.8 Å². The van der Waals surface area contributed by atoms with E-state index in [0.29, 0.717) is 22.5 Å². The number of halogens is 1. The van der Waals surface area contributed by atoms with Crippen LogP contribution in [0.15, 0.2) is 36.4 Å². The molecule has 2 N–H and O–H groups in total. The lowest BCUT2D eigenvalue weighted by Crippen LogP contribution is -2.61. The molecule has 4 aliphatic rings. The van der Waals surface area contributed by atoms with Crippen LogP contribution in [0.4, 0.5) is 5.69 Å². The first kappa shape index (κ1) is 25.3. The summed E-state index contributed by atoms with van der Waals surface area (Å²) in [7, 11) is 0. The number of carbonyl (C=O) groups excluding carboxylic acids is 3. The molecule has 3 amide bonds. The van der Waals surface area contributed by atoms with Gasteiger partial charge in [0.15, 0.2) is 0 Å². The summed E-state index contributed by atoms with van der Waals surface area (Å²) in [6.07, 6.45) is 6.28. The van der Waals surface area contributed by atoms with Gasteiger partial charge in [0.05, 0.1) is 17.9 Å². The van der Waals surface area contributed by atoms with Crippen molar-refractivity contribution in [2.45, 2.75) is 83.2 Å². The van der Waals surface area contributed by atoms with Crippen LogP contribution < -0.4 is 10.6 Å². The molecule has 36 heavy (non-hydrogen) atoms. The van der Waals surface area contributed by atoms with E-state index in [2.05, 4.69) is 24.5 Å². The minimum Gasteiger partial charge on any atom is -0.359 e. The number of hydrogen-bond donors (Lipinski definition) is 2. The van der Waals surface area contributed by atoms with Crippen molar-refractivity contribution in [3.05, 3.63) is 41.4 Å². The number of nitrogens with one attached hydrogen (secondary N) is 2. The van der Waals surface area contributed by atoms with Gasteiger partial charge in [0, 0.05) is 22.3 Å². The lowest BCUT2D eigenvalue weighted by atomic mass is 9.73. The van der Waals surface area contributed by atoms with Gasteiger partial charge in [-0.3, -0.25) is 14.4 Å². The lowest BCUT2D eigenvalue weighted by molar-refractivity contribution is -0.147. The van der Waals surface area contributed by atoms with E-state index in [1.54, 1.807) is 29.2 Å². The number of anilines is 1. The molecule has 1 aliphatic carbocycles. The zero-order valence-corrected chi connectivity index (χ0v) is 22.3. The number of benzene rings is 1. The summed E-state index contributed by atoms with van der Waals surface area (Å²) in [5.74, 6) is -1.36. The van der Waals surface area contributed by atoms with E-state index < -0.39 is 35.1 Å². The highest BCUT2D eigenvalue weighted by molar-refractivity contribution is 6.30. The molecule has 2 saturated heterocycles. The fourth-order valence-corrected chi connectivity index (χ4v) is 6.92. The van der Waals surface area contributed by atoms with E-state index in [1.807, 2.05) is 32.9 Å². The van der Waals surface area contributed by atoms with Gasteiger partial charge < -0.3 is 20.3 Å². The zero-order chi connectivity index (χ0) is 26.0. The smallest absolute Gasteiger partial charge is 0.246 e. The standard InChI is InChI=1S/C28H36ClN3O4/c1-15-8-6-11-19(16(15)2)31-25(34)23-28-13-12-20(36-28)21(22(28)26(35)32(23)27(3,4)5)24(33)30-18-10-7-9-17(29)14-18/h7,9-10,12-16,19-23H,6,8,11H2,1-5H3,(H,30,33)(H,31,34)/t15-,16-,19+,20-,21+,22-,23+,28+/m1/s1. The highest BCUT2D eigenvalue weighted by Crippen LogP contribution is 2.56. The molecule has 3 fully saturated rings. The molecule has 0 aromatic heterocycles. The second-order valence-corrected chi connectivity index (χ2v) is 12.4. The van der Waals surface area contributed by atoms with Gasteiger partial charge in [-0.05, 0) is 57.2 Å². The van der Waals surface area contributed by atoms with Crippen molar-refractivity contribution in [3.63, 3.8) is 0 Å². The van der Waals surface area contributed by atoms with Crippen LogP contribution in [-0.4, -0.2) is 51.9 Å². The number of rotatable bonds is 4. The summed E-state index contributed by atoms with van der Waals surface area (Å²) < 4.78 is 6.42. The Labute approximate surface area is 218 Å². The Morgan fingerprint density at radius 3 is 2.61 bits per heavy atom. The summed E-state index contributed by atoms with van der Waals surface area (Å²) in [6, 6.07) is 6.12. The molecule has 8 heteroatoms. The lowest BCUT2D eigenvalue weighted by Gasteiger charge is -2.41. The summed E-state index contributed by atoms with van der Waals surface area (Å²) in [4.78, 5) is 43.1. The van der Waals surface area contributed by atoms with E-state index in [4.69, 9.17) is 16.3 Å². The number of nitrogens with zero attached hydrogens (tertiary/aromatic N) is 1. The molecule has 194 valence electrons. The van der Waals surface area contributed by atoms with Gasteiger partial charge in [-0.1, -0.05) is 56.5 Å². The van der Waals surface area contributed by atoms with E-state index >= 15 is 0 Å². The predicted octanol–water partition coefficient (Wildman–Crippen LogP) is 4.17. The Bertz CT molecular complexity index is 1110. The van der Waals surface area contributed by atoms with E-state index in [9.17, 15) is 14.4 Å². The molecular formula is C28H36ClN3O4. The van der Waals surface area contributed by atoms with Crippen molar-refractivity contribution in [2.24, 2.45) is 23.7 Å². The molecule has 3 aliphatic heterocycles. The highest BCUT2D eigenvalue weighted by Gasteiger charge is 2.74. The normalized spacial score (nSPS) is 37.2. The maximum atomic E-state index is 14.0. The van der Waals surface area contributed by atoms with Crippen molar-refractivity contribution in [1.29, 1.82) is 0 Å². The Morgan fingerprint density at radius 2 is 1.92 bits per heavy atom. The quantitative estimate of drug-likeness (QED) is 0.591.